The molecule has 2 aromatic rings. The molecule has 2 rings (SSSR count). The summed E-state index contributed by atoms with van der Waals surface area (Å²) in [6, 6.07) is 15.3. The van der Waals surface area contributed by atoms with E-state index < -0.39 is 37.0 Å². The molecule has 0 saturated heterocycles. The summed E-state index contributed by atoms with van der Waals surface area (Å²) < 4.78 is 0. The van der Waals surface area contributed by atoms with Crippen molar-refractivity contribution in [1.82, 2.24) is 10.6 Å². The Morgan fingerprint density at radius 1 is 0.933 bits per heavy atom. The third kappa shape index (κ3) is 6.69. The molecule has 3 unspecified atom stereocenters. The Labute approximate surface area is 177 Å². The molecule has 0 aromatic heterocycles. The Balaban J connectivity index is 2.14. The molecule has 0 radical (unpaired) electrons. The second-order valence-electron chi connectivity index (χ2n) is 7.80. The highest BCUT2D eigenvalue weighted by Gasteiger charge is 2.32. The van der Waals surface area contributed by atoms with Gasteiger partial charge >= 0.3 is 7.12 Å². The third-order valence-electron chi connectivity index (χ3n) is 4.70. The highest BCUT2D eigenvalue weighted by Crippen LogP contribution is 2.20. The number of aliphatic hydroxyl groups is 1. The van der Waals surface area contributed by atoms with Gasteiger partial charge in [0.05, 0.1) is 12.0 Å². The van der Waals surface area contributed by atoms with Crippen LogP contribution < -0.4 is 10.6 Å². The molecule has 2 amide bonds. The molecule has 0 heterocycles. The first-order valence-corrected chi connectivity index (χ1v) is 10.00. The van der Waals surface area contributed by atoms with Crippen LogP contribution in [-0.4, -0.2) is 52.2 Å². The van der Waals surface area contributed by atoms with E-state index in [1.54, 1.807) is 18.2 Å². The number of amides is 2. The van der Waals surface area contributed by atoms with Gasteiger partial charge in [-0.25, -0.2) is 0 Å². The number of hydrogen-bond acceptors (Lipinski definition) is 5. The van der Waals surface area contributed by atoms with Gasteiger partial charge in [-0.1, -0.05) is 56.3 Å². The molecule has 0 aliphatic heterocycles. The normalized spacial score (nSPS) is 14.0. The second kappa shape index (κ2) is 10.9. The number of carbonyl (C=O) groups is 2. The Hall–Kier alpha value is -2.68. The minimum atomic E-state index is -1.75. The molecule has 8 heteroatoms. The topological polar surface area (TPSA) is 119 Å². The molecule has 0 fully saturated rings. The molecule has 0 aliphatic carbocycles. The minimum Gasteiger partial charge on any atom is -0.426 e. The number of aliphatic hydroxyl groups excluding tert-OH is 1. The Morgan fingerprint density at radius 3 is 2.13 bits per heavy atom. The van der Waals surface area contributed by atoms with Crippen LogP contribution >= 0.6 is 0 Å². The molecule has 0 saturated carbocycles. The van der Waals surface area contributed by atoms with Crippen LogP contribution in [0.2, 0.25) is 0 Å². The van der Waals surface area contributed by atoms with Crippen molar-refractivity contribution in [3.63, 3.8) is 0 Å². The first-order chi connectivity index (χ1) is 14.2. The molecule has 30 heavy (non-hydrogen) atoms. The first kappa shape index (κ1) is 23.6. The van der Waals surface area contributed by atoms with Gasteiger partial charge in [0.15, 0.2) is 0 Å². The van der Waals surface area contributed by atoms with Crippen LogP contribution in [-0.2, 0) is 4.79 Å². The predicted octanol–water partition coefficient (Wildman–Crippen LogP) is 1.38. The maximum Gasteiger partial charge on any atom is 0.475 e. The zero-order valence-corrected chi connectivity index (χ0v) is 17.4. The van der Waals surface area contributed by atoms with Crippen molar-refractivity contribution < 1.29 is 24.7 Å². The fraction of sp³-hybridized carbons (Fsp3) is 0.364. The van der Waals surface area contributed by atoms with Crippen LogP contribution in [0.4, 0.5) is 0 Å². The van der Waals surface area contributed by atoms with Gasteiger partial charge in [-0.05, 0) is 42.5 Å². The largest absolute Gasteiger partial charge is 0.475 e. The predicted molar refractivity (Wildman–Crippen MR) is 116 cm³/mol. The Morgan fingerprint density at radius 2 is 1.57 bits per heavy atom. The van der Waals surface area contributed by atoms with Crippen LogP contribution in [0.3, 0.4) is 0 Å². The molecule has 160 valence electrons. The molecule has 0 bridgehead atoms. The standard InChI is InChI=1S/C22H29BN2O5/c1-14(2)12-19(23(29)30)24-22(28)20(15(3)26)25-21(27)18-11-7-10-17(13-18)16-8-5-4-6-9-16/h4-11,13-15,19-20,26,29-30H,12H2,1-3H3,(H,24,28)(H,25,27). The molecule has 3 atom stereocenters. The van der Waals surface area contributed by atoms with E-state index in [0.29, 0.717) is 12.0 Å². The monoisotopic (exact) mass is 412 g/mol. The van der Waals surface area contributed by atoms with Crippen molar-refractivity contribution in [2.45, 2.75) is 45.3 Å². The Bertz CT molecular complexity index is 842. The van der Waals surface area contributed by atoms with Crippen molar-refractivity contribution in [1.29, 1.82) is 0 Å². The van der Waals surface area contributed by atoms with Crippen molar-refractivity contribution in [2.75, 3.05) is 0 Å². The number of carbonyl (C=O) groups excluding carboxylic acids is 2. The smallest absolute Gasteiger partial charge is 0.426 e. The van der Waals surface area contributed by atoms with Gasteiger partial charge in [-0.3, -0.25) is 9.59 Å². The molecular weight excluding hydrogens is 383 g/mol. The summed E-state index contributed by atoms with van der Waals surface area (Å²) in [6.07, 6.45) is -0.843. The fourth-order valence-electron chi connectivity index (χ4n) is 3.14. The van der Waals surface area contributed by atoms with Crippen molar-refractivity contribution >= 4 is 18.9 Å². The maximum atomic E-state index is 12.7. The summed E-state index contributed by atoms with van der Waals surface area (Å²) >= 11 is 0. The van der Waals surface area contributed by atoms with Gasteiger partial charge in [0.2, 0.25) is 5.91 Å². The van der Waals surface area contributed by atoms with Crippen LogP contribution in [0.15, 0.2) is 54.6 Å². The highest BCUT2D eigenvalue weighted by atomic mass is 16.4. The average molecular weight is 412 g/mol. The highest BCUT2D eigenvalue weighted by molar-refractivity contribution is 6.43. The number of nitrogens with one attached hydrogen (secondary N) is 2. The third-order valence-corrected chi connectivity index (χ3v) is 4.70. The average Bonchev–Trinajstić information content (AvgIpc) is 2.71. The number of hydrogen-bond donors (Lipinski definition) is 5. The number of benzene rings is 2. The lowest BCUT2D eigenvalue weighted by Crippen LogP contribution is -2.57. The summed E-state index contributed by atoms with van der Waals surface area (Å²) in [4.78, 5) is 25.4. The van der Waals surface area contributed by atoms with Crippen molar-refractivity contribution in [2.24, 2.45) is 5.92 Å². The van der Waals surface area contributed by atoms with Gasteiger partial charge in [0.25, 0.3) is 5.91 Å². The SMILES string of the molecule is CC(C)CC(NC(=O)C(NC(=O)c1cccc(-c2ccccc2)c1)C(C)O)B(O)O. The molecule has 0 aliphatic rings. The molecule has 7 nitrogen and oxygen atoms in total. The molecule has 5 N–H and O–H groups in total. The summed E-state index contributed by atoms with van der Waals surface area (Å²) in [7, 11) is -1.75. The quantitative estimate of drug-likeness (QED) is 0.399. The molecule has 0 spiro atoms. The molecule has 2 aromatic carbocycles. The summed E-state index contributed by atoms with van der Waals surface area (Å²) in [5.74, 6) is -2.00. The van der Waals surface area contributed by atoms with Crippen LogP contribution in [0, 0.1) is 5.92 Å². The lowest BCUT2D eigenvalue weighted by molar-refractivity contribution is -0.125. The van der Waals surface area contributed by atoms with E-state index in [-0.39, 0.29) is 5.92 Å². The van der Waals surface area contributed by atoms with Gasteiger partial charge in [-0.2, -0.15) is 0 Å². The molecular formula is C22H29BN2O5. The van der Waals surface area contributed by atoms with Gasteiger partial charge in [0, 0.05) is 5.56 Å². The maximum absolute atomic E-state index is 12.7. The summed E-state index contributed by atoms with van der Waals surface area (Å²) in [6.45, 7) is 5.15. The lowest BCUT2D eigenvalue weighted by Gasteiger charge is -2.25. The summed E-state index contributed by atoms with van der Waals surface area (Å²) in [5.41, 5.74) is 2.14. The van der Waals surface area contributed by atoms with Crippen LogP contribution in [0.5, 0.6) is 0 Å². The summed E-state index contributed by atoms with van der Waals surface area (Å²) in [5, 5.41) is 34.1. The zero-order valence-electron chi connectivity index (χ0n) is 17.4. The first-order valence-electron chi connectivity index (χ1n) is 10.00. The van der Waals surface area contributed by atoms with Gasteiger partial charge < -0.3 is 25.8 Å². The van der Waals surface area contributed by atoms with E-state index >= 15 is 0 Å². The van der Waals surface area contributed by atoms with Gasteiger partial charge in [-0.15, -0.1) is 0 Å². The lowest BCUT2D eigenvalue weighted by atomic mass is 9.75. The van der Waals surface area contributed by atoms with E-state index in [1.807, 2.05) is 50.2 Å². The van der Waals surface area contributed by atoms with E-state index in [0.717, 1.165) is 11.1 Å². The zero-order chi connectivity index (χ0) is 22.3. The van der Waals surface area contributed by atoms with Crippen LogP contribution in [0.25, 0.3) is 11.1 Å². The van der Waals surface area contributed by atoms with Crippen molar-refractivity contribution in [3.8, 4) is 11.1 Å². The van der Waals surface area contributed by atoms with E-state index in [2.05, 4.69) is 10.6 Å². The van der Waals surface area contributed by atoms with Gasteiger partial charge in [0.1, 0.15) is 6.04 Å². The second-order valence-corrected chi connectivity index (χ2v) is 7.80. The van der Waals surface area contributed by atoms with E-state index in [9.17, 15) is 24.7 Å². The van der Waals surface area contributed by atoms with Crippen LogP contribution in [0.1, 0.15) is 37.6 Å². The minimum absolute atomic E-state index is 0.109. The van der Waals surface area contributed by atoms with E-state index in [1.165, 1.54) is 6.92 Å². The fourth-order valence-corrected chi connectivity index (χ4v) is 3.14. The van der Waals surface area contributed by atoms with E-state index in [4.69, 9.17) is 0 Å². The number of rotatable bonds is 9. The Kier molecular flexibility index (Phi) is 8.59. The van der Waals surface area contributed by atoms with Crippen molar-refractivity contribution in [3.05, 3.63) is 60.2 Å².